The van der Waals surface area contributed by atoms with Crippen LogP contribution in [0.5, 0.6) is 0 Å². The zero-order chi connectivity index (χ0) is 14.0. The van der Waals surface area contributed by atoms with Gasteiger partial charge in [-0.3, -0.25) is 0 Å². The number of alkyl halides is 1. The molecule has 2 aromatic rings. The van der Waals surface area contributed by atoms with Crippen LogP contribution in [0.1, 0.15) is 25.2 Å². The summed E-state index contributed by atoms with van der Waals surface area (Å²) in [4.78, 5) is 4.52. The number of rotatable bonds is 5. The Morgan fingerprint density at radius 3 is 2.58 bits per heavy atom. The first-order chi connectivity index (χ1) is 9.12. The van der Waals surface area contributed by atoms with E-state index in [2.05, 4.69) is 16.5 Å². The molecule has 1 unspecified atom stereocenters. The monoisotopic (exact) mass is 320 g/mol. The Balaban J connectivity index is 2.65. The number of nitrogens with zero attached hydrogens (tertiary/aromatic N) is 2. The van der Waals surface area contributed by atoms with Crippen LogP contribution in [0.4, 0.5) is 0 Å². The molecule has 0 fully saturated rings. The average molecular weight is 322 g/mol. The van der Waals surface area contributed by atoms with Crippen LogP contribution in [-0.2, 0) is 10.6 Å². The zero-order valence-electron chi connectivity index (χ0n) is 10.8. The second-order valence-corrected chi connectivity index (χ2v) is 5.39. The van der Waals surface area contributed by atoms with Crippen molar-refractivity contribution in [2.45, 2.75) is 25.3 Å². The van der Waals surface area contributed by atoms with Crippen LogP contribution in [0.15, 0.2) is 12.1 Å². The fourth-order valence-electron chi connectivity index (χ4n) is 2.21. The van der Waals surface area contributed by atoms with Gasteiger partial charge in [0.25, 0.3) is 0 Å². The third-order valence-electron chi connectivity index (χ3n) is 3.12. The Labute approximate surface area is 127 Å². The van der Waals surface area contributed by atoms with E-state index in [0.29, 0.717) is 22.5 Å². The van der Waals surface area contributed by atoms with Gasteiger partial charge in [-0.2, -0.15) is 0 Å². The minimum absolute atomic E-state index is 0.181. The predicted octanol–water partition coefficient (Wildman–Crippen LogP) is 4.68. The molecule has 3 nitrogen and oxygen atoms in total. The fourth-order valence-corrected chi connectivity index (χ4v) is 2.71. The Hall–Kier alpha value is -0.480. The molecule has 6 heteroatoms. The maximum Gasteiger partial charge on any atom is 0.125 e. The molecular formula is C13H15Cl3N2O. The molecule has 0 N–H and O–H groups in total. The molecule has 104 valence electrons. The molecule has 0 spiro atoms. The van der Waals surface area contributed by atoms with E-state index in [1.165, 1.54) is 0 Å². The van der Waals surface area contributed by atoms with Gasteiger partial charge >= 0.3 is 0 Å². The van der Waals surface area contributed by atoms with Crippen LogP contribution in [0.3, 0.4) is 0 Å². The minimum Gasteiger partial charge on any atom is -0.383 e. The van der Waals surface area contributed by atoms with Crippen molar-refractivity contribution < 1.29 is 4.74 Å². The quantitative estimate of drug-likeness (QED) is 0.748. The first kappa shape index (κ1) is 14.9. The first-order valence-electron chi connectivity index (χ1n) is 6.03. The van der Waals surface area contributed by atoms with Crippen LogP contribution in [0.2, 0.25) is 10.0 Å². The van der Waals surface area contributed by atoms with Crippen molar-refractivity contribution in [2.24, 2.45) is 0 Å². The summed E-state index contributed by atoms with van der Waals surface area (Å²) >= 11 is 18.1. The third kappa shape index (κ3) is 2.84. The van der Waals surface area contributed by atoms with Crippen LogP contribution in [0.25, 0.3) is 11.0 Å². The van der Waals surface area contributed by atoms with Gasteiger partial charge in [0.15, 0.2) is 0 Å². The number of imidazole rings is 1. The lowest BCUT2D eigenvalue weighted by molar-refractivity contribution is 0.154. The summed E-state index contributed by atoms with van der Waals surface area (Å²) in [7, 11) is 1.69. The average Bonchev–Trinajstić information content (AvgIpc) is 2.74. The summed E-state index contributed by atoms with van der Waals surface area (Å²) in [6, 6.07) is 3.78. The molecule has 0 amide bonds. The van der Waals surface area contributed by atoms with Gasteiger partial charge in [-0.15, -0.1) is 11.6 Å². The van der Waals surface area contributed by atoms with E-state index in [-0.39, 0.29) is 6.04 Å². The molecule has 0 radical (unpaired) electrons. The summed E-state index contributed by atoms with van der Waals surface area (Å²) in [5.74, 6) is 1.14. The van der Waals surface area contributed by atoms with Gasteiger partial charge in [-0.05, 0) is 18.6 Å². The number of hydrogen-bond donors (Lipinski definition) is 0. The number of ether oxygens (including phenoxy) is 1. The molecule has 1 aromatic heterocycles. The Morgan fingerprint density at radius 2 is 2.00 bits per heavy atom. The largest absolute Gasteiger partial charge is 0.383 e. The maximum atomic E-state index is 6.10. The van der Waals surface area contributed by atoms with Crippen molar-refractivity contribution in [3.8, 4) is 0 Å². The highest BCUT2D eigenvalue weighted by atomic mass is 35.5. The maximum absolute atomic E-state index is 6.10. The highest BCUT2D eigenvalue weighted by Gasteiger charge is 2.18. The van der Waals surface area contributed by atoms with Gasteiger partial charge in [0.05, 0.1) is 39.6 Å². The summed E-state index contributed by atoms with van der Waals surface area (Å²) in [6.45, 7) is 2.71. The van der Waals surface area contributed by atoms with E-state index < -0.39 is 0 Å². The molecule has 0 aliphatic heterocycles. The lowest BCUT2D eigenvalue weighted by Gasteiger charge is -2.19. The smallest absolute Gasteiger partial charge is 0.125 e. The standard InChI is InChI=1S/C13H15Cl3N2O/c1-3-8(7-19-2)18-12-5-10(16)9(15)4-11(12)17-13(18)6-14/h4-5,8H,3,6-7H2,1-2H3. The molecule has 1 atom stereocenters. The van der Waals surface area contributed by atoms with Crippen molar-refractivity contribution in [1.82, 2.24) is 9.55 Å². The van der Waals surface area contributed by atoms with Crippen molar-refractivity contribution in [3.05, 3.63) is 28.0 Å². The predicted molar refractivity (Wildman–Crippen MR) is 80.5 cm³/mol. The van der Waals surface area contributed by atoms with Gasteiger partial charge in [0.1, 0.15) is 5.82 Å². The van der Waals surface area contributed by atoms with Crippen LogP contribution >= 0.6 is 34.8 Å². The molecule has 0 aliphatic rings. The van der Waals surface area contributed by atoms with Crippen LogP contribution in [0, 0.1) is 0 Å². The fraction of sp³-hybridized carbons (Fsp3) is 0.462. The normalized spacial score (nSPS) is 13.1. The number of hydrogen-bond acceptors (Lipinski definition) is 2. The molecule has 1 heterocycles. The minimum atomic E-state index is 0.181. The summed E-state index contributed by atoms with van der Waals surface area (Å²) in [5, 5.41) is 1.02. The molecule has 1 aromatic carbocycles. The Bertz CT molecular complexity index is 583. The second kappa shape index (κ2) is 6.31. The molecule has 2 rings (SSSR count). The van der Waals surface area contributed by atoms with Gasteiger partial charge in [0, 0.05) is 7.11 Å². The van der Waals surface area contributed by atoms with Crippen LogP contribution in [-0.4, -0.2) is 23.3 Å². The molecule has 0 bridgehead atoms. The van der Waals surface area contributed by atoms with E-state index in [4.69, 9.17) is 39.5 Å². The van der Waals surface area contributed by atoms with Crippen molar-refractivity contribution >= 4 is 45.8 Å². The lowest BCUT2D eigenvalue weighted by atomic mass is 10.2. The van der Waals surface area contributed by atoms with Gasteiger partial charge in [-0.25, -0.2) is 4.98 Å². The highest BCUT2D eigenvalue weighted by molar-refractivity contribution is 6.42. The molecule has 19 heavy (non-hydrogen) atoms. The van der Waals surface area contributed by atoms with Crippen molar-refractivity contribution in [2.75, 3.05) is 13.7 Å². The summed E-state index contributed by atoms with van der Waals surface area (Å²) < 4.78 is 7.36. The first-order valence-corrected chi connectivity index (χ1v) is 7.32. The van der Waals surface area contributed by atoms with Crippen LogP contribution < -0.4 is 0 Å². The van der Waals surface area contributed by atoms with E-state index >= 15 is 0 Å². The van der Waals surface area contributed by atoms with Crippen molar-refractivity contribution in [1.29, 1.82) is 0 Å². The number of benzene rings is 1. The number of aromatic nitrogens is 2. The number of fused-ring (bicyclic) bond motifs is 1. The topological polar surface area (TPSA) is 27.1 Å². The zero-order valence-corrected chi connectivity index (χ0v) is 13.1. The van der Waals surface area contributed by atoms with E-state index in [9.17, 15) is 0 Å². The Kier molecular flexibility index (Phi) is 4.96. The number of halogens is 3. The molecular weight excluding hydrogens is 307 g/mol. The van der Waals surface area contributed by atoms with Gasteiger partial charge < -0.3 is 9.30 Å². The van der Waals surface area contributed by atoms with Gasteiger partial charge in [-0.1, -0.05) is 30.1 Å². The molecule has 0 saturated heterocycles. The Morgan fingerprint density at radius 1 is 1.32 bits per heavy atom. The third-order valence-corrected chi connectivity index (χ3v) is 4.08. The highest BCUT2D eigenvalue weighted by Crippen LogP contribution is 2.31. The van der Waals surface area contributed by atoms with E-state index in [1.807, 2.05) is 6.07 Å². The summed E-state index contributed by atoms with van der Waals surface area (Å²) in [5.41, 5.74) is 1.74. The van der Waals surface area contributed by atoms with E-state index in [1.54, 1.807) is 13.2 Å². The molecule has 0 aliphatic carbocycles. The van der Waals surface area contributed by atoms with E-state index in [0.717, 1.165) is 23.3 Å². The SMILES string of the molecule is CCC(COC)n1c(CCl)nc2cc(Cl)c(Cl)cc21. The van der Waals surface area contributed by atoms with Gasteiger partial charge in [0.2, 0.25) is 0 Å². The van der Waals surface area contributed by atoms with Crippen molar-refractivity contribution in [3.63, 3.8) is 0 Å². The number of methoxy groups -OCH3 is 1. The lowest BCUT2D eigenvalue weighted by Crippen LogP contribution is -2.16. The summed E-state index contributed by atoms with van der Waals surface area (Å²) in [6.07, 6.45) is 0.920. The second-order valence-electron chi connectivity index (χ2n) is 4.30. The molecule has 0 saturated carbocycles.